The number of amides is 1. The molecule has 1 aromatic rings. The summed E-state index contributed by atoms with van der Waals surface area (Å²) in [5.74, 6) is 0.529. The van der Waals surface area contributed by atoms with Crippen molar-refractivity contribution >= 4 is 11.6 Å². The standard InChI is InChI=1S/C15H22N2O/c1-4-10(2)11(3)17-15(18)13-6-5-12-7-8-16-14(12)9-13/h5-6,9-11,16H,4,7-8H2,1-3H3,(H,17,18). The van der Waals surface area contributed by atoms with Crippen LogP contribution in [0.5, 0.6) is 0 Å². The molecule has 0 bridgehead atoms. The number of carbonyl (C=O) groups excluding carboxylic acids is 1. The molecule has 0 spiro atoms. The Balaban J connectivity index is 2.05. The van der Waals surface area contributed by atoms with E-state index in [1.54, 1.807) is 0 Å². The van der Waals surface area contributed by atoms with Crippen molar-refractivity contribution in [2.45, 2.75) is 39.7 Å². The van der Waals surface area contributed by atoms with Gasteiger partial charge in [-0.25, -0.2) is 0 Å². The lowest BCUT2D eigenvalue weighted by Gasteiger charge is -2.20. The van der Waals surface area contributed by atoms with Crippen LogP contribution >= 0.6 is 0 Å². The topological polar surface area (TPSA) is 41.1 Å². The minimum Gasteiger partial charge on any atom is -0.384 e. The van der Waals surface area contributed by atoms with E-state index in [2.05, 4.69) is 37.5 Å². The summed E-state index contributed by atoms with van der Waals surface area (Å²) in [5.41, 5.74) is 3.17. The summed E-state index contributed by atoms with van der Waals surface area (Å²) in [5, 5.41) is 6.37. The van der Waals surface area contributed by atoms with E-state index < -0.39 is 0 Å². The molecule has 2 unspecified atom stereocenters. The van der Waals surface area contributed by atoms with Gasteiger partial charge >= 0.3 is 0 Å². The number of carbonyl (C=O) groups is 1. The highest BCUT2D eigenvalue weighted by atomic mass is 16.1. The summed E-state index contributed by atoms with van der Waals surface area (Å²) >= 11 is 0. The van der Waals surface area contributed by atoms with Crippen molar-refractivity contribution in [1.82, 2.24) is 5.32 Å². The molecule has 3 nitrogen and oxygen atoms in total. The van der Waals surface area contributed by atoms with Gasteiger partial charge in [-0.3, -0.25) is 4.79 Å². The van der Waals surface area contributed by atoms with Gasteiger partial charge in [0.05, 0.1) is 0 Å². The average Bonchev–Trinajstić information content (AvgIpc) is 2.84. The van der Waals surface area contributed by atoms with Gasteiger partial charge in [0.15, 0.2) is 0 Å². The van der Waals surface area contributed by atoms with Gasteiger partial charge < -0.3 is 10.6 Å². The van der Waals surface area contributed by atoms with Crippen molar-refractivity contribution in [1.29, 1.82) is 0 Å². The Morgan fingerprint density at radius 1 is 1.44 bits per heavy atom. The molecule has 0 saturated heterocycles. The maximum Gasteiger partial charge on any atom is 0.251 e. The number of anilines is 1. The molecule has 0 fully saturated rings. The predicted molar refractivity (Wildman–Crippen MR) is 75.0 cm³/mol. The first-order chi connectivity index (χ1) is 8.61. The highest BCUT2D eigenvalue weighted by Crippen LogP contribution is 2.23. The molecule has 1 aliphatic rings. The summed E-state index contributed by atoms with van der Waals surface area (Å²) in [6, 6.07) is 6.15. The molecule has 18 heavy (non-hydrogen) atoms. The zero-order valence-corrected chi connectivity index (χ0v) is 11.4. The van der Waals surface area contributed by atoms with Crippen LogP contribution < -0.4 is 10.6 Å². The molecule has 0 aliphatic carbocycles. The third kappa shape index (κ3) is 2.66. The minimum atomic E-state index is 0.0271. The Bertz CT molecular complexity index is 442. The minimum absolute atomic E-state index is 0.0271. The van der Waals surface area contributed by atoms with Crippen molar-refractivity contribution < 1.29 is 4.79 Å². The fourth-order valence-electron chi connectivity index (χ4n) is 2.22. The second-order valence-electron chi connectivity index (χ2n) is 5.20. The van der Waals surface area contributed by atoms with Crippen molar-refractivity contribution in [2.75, 3.05) is 11.9 Å². The van der Waals surface area contributed by atoms with Gasteiger partial charge in [0.1, 0.15) is 0 Å². The number of rotatable bonds is 4. The quantitative estimate of drug-likeness (QED) is 0.857. The predicted octanol–water partition coefficient (Wildman–Crippen LogP) is 2.82. The Hall–Kier alpha value is -1.51. The first kappa shape index (κ1) is 12.9. The van der Waals surface area contributed by atoms with E-state index >= 15 is 0 Å². The van der Waals surface area contributed by atoms with Crippen molar-refractivity contribution in [2.24, 2.45) is 5.92 Å². The molecule has 1 aromatic carbocycles. The molecule has 98 valence electrons. The molecule has 2 N–H and O–H groups in total. The zero-order chi connectivity index (χ0) is 13.1. The summed E-state index contributed by atoms with van der Waals surface area (Å²) in [6.07, 6.45) is 2.13. The van der Waals surface area contributed by atoms with Crippen LogP contribution in [0.2, 0.25) is 0 Å². The average molecular weight is 246 g/mol. The second kappa shape index (κ2) is 5.42. The Labute approximate surface area is 109 Å². The molecule has 0 radical (unpaired) electrons. The molecular formula is C15H22N2O. The second-order valence-corrected chi connectivity index (χ2v) is 5.20. The maximum atomic E-state index is 12.1. The van der Waals surface area contributed by atoms with Gasteiger partial charge in [-0.05, 0) is 37.0 Å². The fourth-order valence-corrected chi connectivity index (χ4v) is 2.22. The molecule has 1 aliphatic heterocycles. The Morgan fingerprint density at radius 3 is 2.94 bits per heavy atom. The summed E-state index contributed by atoms with van der Waals surface area (Å²) < 4.78 is 0. The van der Waals surface area contributed by atoms with Gasteiger partial charge in [0.25, 0.3) is 5.91 Å². The Kier molecular flexibility index (Phi) is 3.90. The highest BCUT2D eigenvalue weighted by molar-refractivity contribution is 5.95. The molecule has 2 atom stereocenters. The monoisotopic (exact) mass is 246 g/mol. The van der Waals surface area contributed by atoms with Crippen LogP contribution in [0.3, 0.4) is 0 Å². The van der Waals surface area contributed by atoms with Crippen LogP contribution in [0, 0.1) is 5.92 Å². The van der Waals surface area contributed by atoms with Crippen molar-refractivity contribution in [3.63, 3.8) is 0 Å². The first-order valence-electron chi connectivity index (χ1n) is 6.79. The van der Waals surface area contributed by atoms with E-state index in [4.69, 9.17) is 0 Å². The SMILES string of the molecule is CCC(C)C(C)NC(=O)c1ccc2c(c1)NCC2. The molecule has 3 heteroatoms. The number of benzene rings is 1. The van der Waals surface area contributed by atoms with Crippen molar-refractivity contribution in [3.8, 4) is 0 Å². The molecule has 2 rings (SSSR count). The Morgan fingerprint density at radius 2 is 2.22 bits per heavy atom. The highest BCUT2D eigenvalue weighted by Gasteiger charge is 2.16. The first-order valence-corrected chi connectivity index (χ1v) is 6.79. The third-order valence-electron chi connectivity index (χ3n) is 3.94. The lowest BCUT2D eigenvalue weighted by Crippen LogP contribution is -2.36. The molecule has 1 heterocycles. The molecule has 0 saturated carbocycles. The molecule has 1 amide bonds. The maximum absolute atomic E-state index is 12.1. The van der Waals surface area contributed by atoms with Crippen LogP contribution in [-0.4, -0.2) is 18.5 Å². The van der Waals surface area contributed by atoms with E-state index in [9.17, 15) is 4.79 Å². The van der Waals surface area contributed by atoms with Crippen LogP contribution in [0.1, 0.15) is 43.1 Å². The van der Waals surface area contributed by atoms with Gasteiger partial charge in [0, 0.05) is 23.8 Å². The number of nitrogens with one attached hydrogen (secondary N) is 2. The van der Waals surface area contributed by atoms with Gasteiger partial charge in [0.2, 0.25) is 0 Å². The van der Waals surface area contributed by atoms with Crippen LogP contribution in [0.15, 0.2) is 18.2 Å². The van der Waals surface area contributed by atoms with Crippen LogP contribution in [0.4, 0.5) is 5.69 Å². The molecular weight excluding hydrogens is 224 g/mol. The number of hydrogen-bond donors (Lipinski definition) is 2. The normalized spacial score (nSPS) is 16.6. The molecule has 0 aromatic heterocycles. The van der Waals surface area contributed by atoms with Gasteiger partial charge in [-0.1, -0.05) is 26.3 Å². The summed E-state index contributed by atoms with van der Waals surface area (Å²) in [6.45, 7) is 7.35. The van der Waals surface area contributed by atoms with Crippen molar-refractivity contribution in [3.05, 3.63) is 29.3 Å². The van der Waals surface area contributed by atoms with Crippen LogP contribution in [0.25, 0.3) is 0 Å². The zero-order valence-electron chi connectivity index (χ0n) is 11.4. The largest absolute Gasteiger partial charge is 0.384 e. The van der Waals surface area contributed by atoms with E-state index in [1.165, 1.54) is 5.56 Å². The number of hydrogen-bond acceptors (Lipinski definition) is 2. The fraction of sp³-hybridized carbons (Fsp3) is 0.533. The van der Waals surface area contributed by atoms with E-state index in [-0.39, 0.29) is 11.9 Å². The van der Waals surface area contributed by atoms with E-state index in [1.807, 2.05) is 12.1 Å². The van der Waals surface area contributed by atoms with E-state index in [0.717, 1.165) is 30.6 Å². The third-order valence-corrected chi connectivity index (χ3v) is 3.94. The summed E-state index contributed by atoms with van der Waals surface area (Å²) in [7, 11) is 0. The van der Waals surface area contributed by atoms with Crippen LogP contribution in [-0.2, 0) is 6.42 Å². The van der Waals surface area contributed by atoms with Gasteiger partial charge in [-0.2, -0.15) is 0 Å². The smallest absolute Gasteiger partial charge is 0.251 e. The summed E-state index contributed by atoms with van der Waals surface area (Å²) in [4.78, 5) is 12.1. The number of fused-ring (bicyclic) bond motifs is 1. The van der Waals surface area contributed by atoms with Gasteiger partial charge in [-0.15, -0.1) is 0 Å². The lowest BCUT2D eigenvalue weighted by atomic mass is 10.0. The lowest BCUT2D eigenvalue weighted by molar-refractivity contribution is 0.0928. The van der Waals surface area contributed by atoms with E-state index in [0.29, 0.717) is 5.92 Å².